The fourth-order valence-electron chi connectivity index (χ4n) is 2.26. The number of hydrogen-bond acceptors (Lipinski definition) is 4. The highest BCUT2D eigenvalue weighted by Gasteiger charge is 2.12. The van der Waals surface area contributed by atoms with Gasteiger partial charge in [0.15, 0.2) is 11.5 Å². The highest BCUT2D eigenvalue weighted by molar-refractivity contribution is 5.92. The molecule has 5 nitrogen and oxygen atoms in total. The van der Waals surface area contributed by atoms with Gasteiger partial charge < -0.3 is 19.2 Å². The van der Waals surface area contributed by atoms with Crippen LogP contribution in [-0.2, 0) is 11.2 Å². The maximum Gasteiger partial charge on any atom is 0.244 e. The molecule has 1 N–H and O–H groups in total. The molecule has 0 saturated carbocycles. The summed E-state index contributed by atoms with van der Waals surface area (Å²) in [6.07, 6.45) is 5.55. The predicted octanol–water partition coefficient (Wildman–Crippen LogP) is 2.77. The molecule has 0 saturated heterocycles. The Morgan fingerprint density at radius 3 is 3.00 bits per heavy atom. The Morgan fingerprint density at radius 1 is 1.32 bits per heavy atom. The molecular weight excluding hydrogens is 282 g/mol. The molecule has 2 aromatic rings. The summed E-state index contributed by atoms with van der Waals surface area (Å²) in [6, 6.07) is 9.29. The minimum atomic E-state index is -0.142. The third-order valence-electron chi connectivity index (χ3n) is 3.30. The van der Waals surface area contributed by atoms with E-state index in [0.717, 1.165) is 17.1 Å². The standard InChI is InChI=1S/C17H17NO4/c1-12(9-14-3-2-8-20-14)18-17(19)7-5-13-4-6-15-16(10-13)22-11-21-15/h2-8,10,12H,9,11H2,1H3,(H,18,19)/b7-5+/t12-/m1/s1. The third kappa shape index (κ3) is 3.49. The first-order valence-corrected chi connectivity index (χ1v) is 7.11. The van der Waals surface area contributed by atoms with Gasteiger partial charge in [-0.25, -0.2) is 0 Å². The summed E-state index contributed by atoms with van der Waals surface area (Å²) < 4.78 is 15.8. The van der Waals surface area contributed by atoms with Gasteiger partial charge in [0.1, 0.15) is 5.76 Å². The molecule has 0 radical (unpaired) electrons. The molecule has 0 aliphatic carbocycles. The van der Waals surface area contributed by atoms with Crippen LogP contribution in [0.15, 0.2) is 47.1 Å². The average molecular weight is 299 g/mol. The van der Waals surface area contributed by atoms with Crippen molar-refractivity contribution in [3.05, 3.63) is 54.0 Å². The van der Waals surface area contributed by atoms with E-state index in [-0.39, 0.29) is 18.7 Å². The van der Waals surface area contributed by atoms with Crippen molar-refractivity contribution in [3.63, 3.8) is 0 Å². The van der Waals surface area contributed by atoms with Gasteiger partial charge in [-0.15, -0.1) is 0 Å². The van der Waals surface area contributed by atoms with Crippen molar-refractivity contribution in [1.29, 1.82) is 0 Å². The lowest BCUT2D eigenvalue weighted by Crippen LogP contribution is -2.32. The van der Waals surface area contributed by atoms with Crippen molar-refractivity contribution >= 4 is 12.0 Å². The highest BCUT2D eigenvalue weighted by Crippen LogP contribution is 2.32. The molecule has 1 aromatic carbocycles. The van der Waals surface area contributed by atoms with Gasteiger partial charge in [0, 0.05) is 18.5 Å². The Hall–Kier alpha value is -2.69. The SMILES string of the molecule is C[C@H](Cc1ccco1)NC(=O)/C=C/c1ccc2c(c1)OCO2. The molecule has 2 heterocycles. The second-order valence-corrected chi connectivity index (χ2v) is 5.14. The van der Waals surface area contributed by atoms with Crippen LogP contribution in [0.4, 0.5) is 0 Å². The fraction of sp³-hybridized carbons (Fsp3) is 0.235. The smallest absolute Gasteiger partial charge is 0.244 e. The maximum atomic E-state index is 11.9. The summed E-state index contributed by atoms with van der Waals surface area (Å²) in [5, 5.41) is 2.90. The van der Waals surface area contributed by atoms with E-state index in [0.29, 0.717) is 12.2 Å². The number of fused-ring (bicyclic) bond motifs is 1. The normalized spacial score (nSPS) is 14.2. The second kappa shape index (κ2) is 6.39. The van der Waals surface area contributed by atoms with Gasteiger partial charge in [-0.1, -0.05) is 6.07 Å². The maximum absolute atomic E-state index is 11.9. The molecule has 114 valence electrons. The van der Waals surface area contributed by atoms with Crippen LogP contribution in [0.25, 0.3) is 6.08 Å². The molecule has 0 spiro atoms. The zero-order chi connectivity index (χ0) is 15.4. The van der Waals surface area contributed by atoms with Crippen LogP contribution in [0.3, 0.4) is 0 Å². The first-order chi connectivity index (χ1) is 10.7. The number of carbonyl (C=O) groups is 1. The number of carbonyl (C=O) groups excluding carboxylic acids is 1. The van der Waals surface area contributed by atoms with Crippen molar-refractivity contribution in [2.24, 2.45) is 0 Å². The lowest BCUT2D eigenvalue weighted by molar-refractivity contribution is -0.117. The van der Waals surface area contributed by atoms with Crippen molar-refractivity contribution in [3.8, 4) is 11.5 Å². The Labute approximate surface area is 128 Å². The number of benzene rings is 1. The molecule has 0 bridgehead atoms. The van der Waals surface area contributed by atoms with Crippen molar-refractivity contribution < 1.29 is 18.7 Å². The minimum absolute atomic E-state index is 0.0000499. The van der Waals surface area contributed by atoms with Crippen molar-refractivity contribution in [2.45, 2.75) is 19.4 Å². The number of ether oxygens (including phenoxy) is 2. The fourth-order valence-corrected chi connectivity index (χ4v) is 2.26. The van der Waals surface area contributed by atoms with E-state index in [1.54, 1.807) is 12.3 Å². The summed E-state index contributed by atoms with van der Waals surface area (Å²) in [4.78, 5) is 11.9. The van der Waals surface area contributed by atoms with Crippen LogP contribution >= 0.6 is 0 Å². The van der Waals surface area contributed by atoms with E-state index in [9.17, 15) is 4.79 Å². The lowest BCUT2D eigenvalue weighted by atomic mass is 10.1. The van der Waals surface area contributed by atoms with Gasteiger partial charge in [0.05, 0.1) is 6.26 Å². The molecule has 1 atom stereocenters. The Bertz CT molecular complexity index is 676. The van der Waals surface area contributed by atoms with Gasteiger partial charge >= 0.3 is 0 Å². The van der Waals surface area contributed by atoms with Gasteiger partial charge in [0.25, 0.3) is 0 Å². The molecular formula is C17H17NO4. The lowest BCUT2D eigenvalue weighted by Gasteiger charge is -2.10. The highest BCUT2D eigenvalue weighted by atomic mass is 16.7. The quantitative estimate of drug-likeness (QED) is 0.862. The Kier molecular flexibility index (Phi) is 4.14. The molecule has 1 aromatic heterocycles. The topological polar surface area (TPSA) is 60.7 Å². The first kappa shape index (κ1) is 14.3. The summed E-state index contributed by atoms with van der Waals surface area (Å²) >= 11 is 0. The van der Waals surface area contributed by atoms with E-state index in [1.165, 1.54) is 6.08 Å². The van der Waals surface area contributed by atoms with Crippen molar-refractivity contribution in [2.75, 3.05) is 6.79 Å². The Morgan fingerprint density at radius 2 is 2.18 bits per heavy atom. The summed E-state index contributed by atoms with van der Waals surface area (Å²) in [5.41, 5.74) is 0.887. The molecule has 0 unspecified atom stereocenters. The molecule has 22 heavy (non-hydrogen) atoms. The van der Waals surface area contributed by atoms with Gasteiger partial charge in [-0.05, 0) is 42.8 Å². The zero-order valence-electron chi connectivity index (χ0n) is 12.2. The molecule has 1 aliphatic heterocycles. The molecule has 1 amide bonds. The average Bonchev–Trinajstić information content (AvgIpc) is 3.15. The third-order valence-corrected chi connectivity index (χ3v) is 3.30. The van der Waals surface area contributed by atoms with E-state index in [1.807, 2.05) is 37.3 Å². The van der Waals surface area contributed by atoms with Gasteiger partial charge in [-0.2, -0.15) is 0 Å². The largest absolute Gasteiger partial charge is 0.469 e. The van der Waals surface area contributed by atoms with Gasteiger partial charge in [-0.3, -0.25) is 4.79 Å². The van der Waals surface area contributed by atoms with E-state index < -0.39 is 0 Å². The summed E-state index contributed by atoms with van der Waals surface area (Å²) in [6.45, 7) is 2.18. The second-order valence-electron chi connectivity index (χ2n) is 5.14. The van der Waals surface area contributed by atoms with Crippen molar-refractivity contribution in [1.82, 2.24) is 5.32 Å². The summed E-state index contributed by atoms with van der Waals surface area (Å²) in [7, 11) is 0. The van der Waals surface area contributed by atoms with E-state index in [4.69, 9.17) is 13.9 Å². The molecule has 1 aliphatic rings. The predicted molar refractivity (Wildman–Crippen MR) is 81.6 cm³/mol. The zero-order valence-corrected chi connectivity index (χ0v) is 12.2. The molecule has 5 heteroatoms. The summed E-state index contributed by atoms with van der Waals surface area (Å²) in [5.74, 6) is 2.15. The van der Waals surface area contributed by atoms with Crippen LogP contribution in [-0.4, -0.2) is 18.7 Å². The monoisotopic (exact) mass is 299 g/mol. The number of hydrogen-bond donors (Lipinski definition) is 1. The van der Waals surface area contributed by atoms with E-state index in [2.05, 4.69) is 5.32 Å². The Balaban J connectivity index is 1.54. The number of amides is 1. The van der Waals surface area contributed by atoms with Crippen LogP contribution in [0.5, 0.6) is 11.5 Å². The minimum Gasteiger partial charge on any atom is -0.469 e. The molecule has 3 rings (SSSR count). The van der Waals surface area contributed by atoms with Crippen LogP contribution in [0.1, 0.15) is 18.2 Å². The van der Waals surface area contributed by atoms with Crippen LogP contribution < -0.4 is 14.8 Å². The number of nitrogens with one attached hydrogen (secondary N) is 1. The van der Waals surface area contributed by atoms with E-state index >= 15 is 0 Å². The molecule has 0 fully saturated rings. The first-order valence-electron chi connectivity index (χ1n) is 7.11. The number of furan rings is 1. The van der Waals surface area contributed by atoms with Crippen LogP contribution in [0.2, 0.25) is 0 Å². The van der Waals surface area contributed by atoms with Gasteiger partial charge in [0.2, 0.25) is 12.7 Å². The van der Waals surface area contributed by atoms with Crippen LogP contribution in [0, 0.1) is 0 Å². The number of rotatable bonds is 5.